The number of amides is 1. The molecule has 2 rings (SSSR count). The van der Waals surface area contributed by atoms with Crippen LogP contribution in [0.4, 0.5) is 13.6 Å². The maximum Gasteiger partial charge on any atom is 0.411 e. The second-order valence-corrected chi connectivity index (χ2v) is 7.86. The van der Waals surface area contributed by atoms with E-state index in [2.05, 4.69) is 0 Å². The highest BCUT2D eigenvalue weighted by Gasteiger charge is 2.54. The second-order valence-electron chi connectivity index (χ2n) is 7.86. The van der Waals surface area contributed by atoms with Crippen molar-refractivity contribution in [2.45, 2.75) is 58.6 Å². The molecule has 138 valence electrons. The fraction of sp³-hybridized carbons (Fsp3) is 0.882. The van der Waals surface area contributed by atoms with E-state index >= 15 is 0 Å². The molecular weight excluding hydrogens is 320 g/mol. The molecule has 0 unspecified atom stereocenters. The SMILES string of the molecule is COC(=O)[C@@H]1[C@H]2CC[C@H](C(F)F)[C@H](C)[C@H]2CN1C(=O)OC(C)(C)C. The molecule has 0 spiro atoms. The van der Waals surface area contributed by atoms with Crippen LogP contribution in [0.1, 0.15) is 40.5 Å². The van der Waals surface area contributed by atoms with Gasteiger partial charge in [0.1, 0.15) is 11.6 Å². The van der Waals surface area contributed by atoms with Crippen LogP contribution in [-0.2, 0) is 14.3 Å². The zero-order chi connectivity index (χ0) is 18.2. The van der Waals surface area contributed by atoms with Crippen LogP contribution in [0.3, 0.4) is 0 Å². The van der Waals surface area contributed by atoms with Crippen molar-refractivity contribution in [3.8, 4) is 0 Å². The van der Waals surface area contributed by atoms with E-state index in [0.717, 1.165) is 0 Å². The summed E-state index contributed by atoms with van der Waals surface area (Å²) in [5, 5.41) is 0. The zero-order valence-electron chi connectivity index (χ0n) is 14.9. The van der Waals surface area contributed by atoms with Gasteiger partial charge in [-0.3, -0.25) is 4.90 Å². The van der Waals surface area contributed by atoms with Gasteiger partial charge in [0, 0.05) is 12.5 Å². The van der Waals surface area contributed by atoms with Crippen molar-refractivity contribution in [2.24, 2.45) is 23.7 Å². The van der Waals surface area contributed by atoms with Crippen LogP contribution >= 0.6 is 0 Å². The maximum atomic E-state index is 13.2. The number of likely N-dealkylation sites (tertiary alicyclic amines) is 1. The number of carbonyl (C=O) groups excluding carboxylic acids is 2. The van der Waals surface area contributed by atoms with Gasteiger partial charge in [-0.05, 0) is 51.4 Å². The van der Waals surface area contributed by atoms with Gasteiger partial charge >= 0.3 is 12.1 Å². The van der Waals surface area contributed by atoms with E-state index in [4.69, 9.17) is 9.47 Å². The first-order chi connectivity index (χ1) is 11.1. The monoisotopic (exact) mass is 347 g/mol. The van der Waals surface area contributed by atoms with Gasteiger partial charge in [0.2, 0.25) is 6.43 Å². The van der Waals surface area contributed by atoms with Crippen molar-refractivity contribution in [1.29, 1.82) is 0 Å². The van der Waals surface area contributed by atoms with Gasteiger partial charge in [-0.25, -0.2) is 18.4 Å². The lowest BCUT2D eigenvalue weighted by atomic mass is 9.67. The number of halogens is 2. The molecule has 1 amide bonds. The highest BCUT2D eigenvalue weighted by molar-refractivity contribution is 5.82. The van der Waals surface area contributed by atoms with E-state index < -0.39 is 36.0 Å². The van der Waals surface area contributed by atoms with Crippen LogP contribution < -0.4 is 0 Å². The Kier molecular flexibility index (Phi) is 5.40. The molecule has 0 aromatic rings. The molecule has 7 heteroatoms. The fourth-order valence-electron chi connectivity index (χ4n) is 4.12. The van der Waals surface area contributed by atoms with Crippen molar-refractivity contribution in [3.05, 3.63) is 0 Å². The molecule has 5 nitrogen and oxygen atoms in total. The largest absolute Gasteiger partial charge is 0.467 e. The number of hydrogen-bond donors (Lipinski definition) is 0. The quantitative estimate of drug-likeness (QED) is 0.719. The summed E-state index contributed by atoms with van der Waals surface area (Å²) >= 11 is 0. The first kappa shape index (κ1) is 18.9. The lowest BCUT2D eigenvalue weighted by molar-refractivity contribution is -0.147. The Morgan fingerprint density at radius 1 is 1.17 bits per heavy atom. The third-order valence-electron chi connectivity index (χ3n) is 5.28. The summed E-state index contributed by atoms with van der Waals surface area (Å²) in [5.41, 5.74) is -0.692. The Balaban J connectivity index is 2.25. The molecule has 0 N–H and O–H groups in total. The van der Waals surface area contributed by atoms with E-state index in [0.29, 0.717) is 12.8 Å². The molecule has 2 fully saturated rings. The first-order valence-corrected chi connectivity index (χ1v) is 8.42. The summed E-state index contributed by atoms with van der Waals surface area (Å²) < 4.78 is 36.7. The van der Waals surface area contributed by atoms with Crippen LogP contribution in [-0.4, -0.2) is 48.7 Å². The molecule has 1 saturated heterocycles. The molecule has 0 aromatic heterocycles. The van der Waals surface area contributed by atoms with Gasteiger partial charge in [-0.2, -0.15) is 0 Å². The third kappa shape index (κ3) is 3.64. The summed E-state index contributed by atoms with van der Waals surface area (Å²) in [4.78, 5) is 26.1. The number of alkyl halides is 2. The number of carbonyl (C=O) groups is 2. The molecule has 24 heavy (non-hydrogen) atoms. The van der Waals surface area contributed by atoms with Gasteiger partial charge in [0.25, 0.3) is 0 Å². The van der Waals surface area contributed by atoms with E-state index in [1.54, 1.807) is 27.7 Å². The van der Waals surface area contributed by atoms with Gasteiger partial charge in [0.15, 0.2) is 0 Å². The lowest BCUT2D eigenvalue weighted by Gasteiger charge is -2.37. The summed E-state index contributed by atoms with van der Waals surface area (Å²) in [6.07, 6.45) is -2.13. The topological polar surface area (TPSA) is 55.8 Å². The van der Waals surface area contributed by atoms with Crippen LogP contribution in [0, 0.1) is 23.7 Å². The van der Waals surface area contributed by atoms with E-state index in [-0.39, 0.29) is 24.3 Å². The minimum atomic E-state index is -2.38. The van der Waals surface area contributed by atoms with Gasteiger partial charge in [0.05, 0.1) is 7.11 Å². The van der Waals surface area contributed by atoms with Crippen molar-refractivity contribution < 1.29 is 27.8 Å². The second kappa shape index (κ2) is 6.84. The minimum absolute atomic E-state index is 0.144. The number of fused-ring (bicyclic) bond motifs is 1. The zero-order valence-corrected chi connectivity index (χ0v) is 14.9. The summed E-state index contributed by atoms with van der Waals surface area (Å²) in [6, 6.07) is -0.754. The average molecular weight is 347 g/mol. The van der Waals surface area contributed by atoms with E-state index in [1.807, 2.05) is 0 Å². The van der Waals surface area contributed by atoms with E-state index in [1.165, 1.54) is 12.0 Å². The van der Waals surface area contributed by atoms with E-state index in [9.17, 15) is 18.4 Å². The highest BCUT2D eigenvalue weighted by atomic mass is 19.3. The Hall–Kier alpha value is -1.40. The van der Waals surface area contributed by atoms with Crippen molar-refractivity contribution in [1.82, 2.24) is 4.90 Å². The number of esters is 1. The molecule has 2 aliphatic rings. The standard InChI is InChI=1S/C17H27F2NO4/c1-9-10(14(18)19)6-7-11-12(9)8-20(13(11)15(21)23-5)16(22)24-17(2,3)4/h9-14H,6-8H2,1-5H3/t9-,10-,11-,12+,13-/m0/s1. The van der Waals surface area contributed by atoms with Crippen LogP contribution in [0.25, 0.3) is 0 Å². The van der Waals surface area contributed by atoms with Crippen molar-refractivity contribution in [2.75, 3.05) is 13.7 Å². The normalized spacial score (nSPS) is 33.3. The van der Waals surface area contributed by atoms with Gasteiger partial charge in [-0.15, -0.1) is 0 Å². The summed E-state index contributed by atoms with van der Waals surface area (Å²) in [6.45, 7) is 7.29. The maximum absolute atomic E-state index is 13.2. The fourth-order valence-corrected chi connectivity index (χ4v) is 4.12. The number of hydrogen-bond acceptors (Lipinski definition) is 4. The minimum Gasteiger partial charge on any atom is -0.467 e. The summed E-state index contributed by atoms with van der Waals surface area (Å²) in [5.74, 6) is -1.76. The molecule has 1 aliphatic carbocycles. The van der Waals surface area contributed by atoms with Crippen LogP contribution in [0.2, 0.25) is 0 Å². The molecule has 5 atom stereocenters. The molecule has 0 bridgehead atoms. The summed E-state index contributed by atoms with van der Waals surface area (Å²) in [7, 11) is 1.27. The first-order valence-electron chi connectivity index (χ1n) is 8.42. The highest BCUT2D eigenvalue weighted by Crippen LogP contribution is 2.48. The molecule has 1 aliphatic heterocycles. The Morgan fingerprint density at radius 2 is 1.79 bits per heavy atom. The third-order valence-corrected chi connectivity index (χ3v) is 5.28. The molecule has 1 heterocycles. The van der Waals surface area contributed by atoms with Crippen molar-refractivity contribution in [3.63, 3.8) is 0 Å². The molecule has 0 radical (unpaired) electrons. The predicted octanol–water partition coefficient (Wildman–Crippen LogP) is 3.32. The Labute approximate surface area is 141 Å². The predicted molar refractivity (Wildman–Crippen MR) is 83.6 cm³/mol. The smallest absolute Gasteiger partial charge is 0.411 e. The van der Waals surface area contributed by atoms with Crippen molar-refractivity contribution >= 4 is 12.1 Å². The average Bonchev–Trinajstić information content (AvgIpc) is 2.85. The van der Waals surface area contributed by atoms with Gasteiger partial charge < -0.3 is 9.47 Å². The molecular formula is C17H27F2NO4. The van der Waals surface area contributed by atoms with Crippen LogP contribution in [0.15, 0.2) is 0 Å². The Bertz CT molecular complexity index is 491. The molecule has 1 saturated carbocycles. The van der Waals surface area contributed by atoms with Crippen LogP contribution in [0.5, 0.6) is 0 Å². The molecule has 0 aromatic carbocycles. The number of ether oxygens (including phenoxy) is 2. The number of methoxy groups -OCH3 is 1. The lowest BCUT2D eigenvalue weighted by Crippen LogP contribution is -2.46. The number of rotatable bonds is 2. The van der Waals surface area contributed by atoms with Gasteiger partial charge in [-0.1, -0.05) is 6.92 Å². The Morgan fingerprint density at radius 3 is 2.29 bits per heavy atom. The number of nitrogens with zero attached hydrogens (tertiary/aromatic N) is 1.